The van der Waals surface area contributed by atoms with Gasteiger partial charge in [-0.15, -0.1) is 10.2 Å². The van der Waals surface area contributed by atoms with Crippen molar-refractivity contribution in [2.45, 2.75) is 25.5 Å². The van der Waals surface area contributed by atoms with Crippen LogP contribution in [-0.4, -0.2) is 39.9 Å². The normalized spacial score (nSPS) is 21.5. The van der Waals surface area contributed by atoms with E-state index < -0.39 is 0 Å². The van der Waals surface area contributed by atoms with Crippen LogP contribution in [0.5, 0.6) is 0 Å². The molecule has 1 N–H and O–H groups in total. The molecule has 0 radical (unpaired) electrons. The number of hydrogen-bond donors (Lipinski definition) is 1. The fourth-order valence-corrected chi connectivity index (χ4v) is 2.74. The van der Waals surface area contributed by atoms with E-state index in [0.717, 1.165) is 24.9 Å². The number of aliphatic hydroxyl groups excluding tert-OH is 1. The standard InChI is InChI=1S/C15H18ClN3O2/c1-19(8-10-6-13(20)7-10)9-14-17-18-15(21-14)11-2-4-12(16)5-3-11/h2-5,10,13,20H,6-9H2,1H3. The van der Waals surface area contributed by atoms with E-state index in [0.29, 0.717) is 29.3 Å². The van der Waals surface area contributed by atoms with Crippen LogP contribution in [0.25, 0.3) is 11.5 Å². The Kier molecular flexibility index (Phi) is 4.24. The van der Waals surface area contributed by atoms with Crippen molar-refractivity contribution in [1.29, 1.82) is 0 Å². The molecule has 1 aliphatic carbocycles. The van der Waals surface area contributed by atoms with E-state index in [1.165, 1.54) is 0 Å². The first kappa shape index (κ1) is 14.5. The molecular weight excluding hydrogens is 290 g/mol. The predicted octanol–water partition coefficient (Wildman–Crippen LogP) is 2.59. The van der Waals surface area contributed by atoms with Crippen molar-refractivity contribution in [2.24, 2.45) is 5.92 Å². The van der Waals surface area contributed by atoms with Gasteiger partial charge in [0.1, 0.15) is 0 Å². The average molecular weight is 308 g/mol. The predicted molar refractivity (Wildman–Crippen MR) is 79.8 cm³/mol. The third-order valence-electron chi connectivity index (χ3n) is 3.74. The van der Waals surface area contributed by atoms with Gasteiger partial charge in [-0.3, -0.25) is 4.90 Å². The van der Waals surface area contributed by atoms with Crippen LogP contribution in [0, 0.1) is 5.92 Å². The molecule has 0 bridgehead atoms. The first-order valence-corrected chi connectivity index (χ1v) is 7.43. The topological polar surface area (TPSA) is 62.4 Å². The molecule has 2 aromatic rings. The zero-order valence-corrected chi connectivity index (χ0v) is 12.6. The lowest BCUT2D eigenvalue weighted by molar-refractivity contribution is 0.0264. The fourth-order valence-electron chi connectivity index (χ4n) is 2.61. The van der Waals surface area contributed by atoms with E-state index in [1.54, 1.807) is 12.1 Å². The van der Waals surface area contributed by atoms with E-state index in [-0.39, 0.29) is 6.10 Å². The molecule has 1 aliphatic rings. The lowest BCUT2D eigenvalue weighted by atomic mass is 9.82. The third kappa shape index (κ3) is 3.61. The van der Waals surface area contributed by atoms with Crippen LogP contribution in [0.3, 0.4) is 0 Å². The molecule has 0 amide bonds. The maximum atomic E-state index is 9.30. The highest BCUT2D eigenvalue weighted by Crippen LogP contribution is 2.28. The molecule has 1 saturated carbocycles. The van der Waals surface area contributed by atoms with E-state index in [2.05, 4.69) is 15.1 Å². The summed E-state index contributed by atoms with van der Waals surface area (Å²) < 4.78 is 5.68. The van der Waals surface area contributed by atoms with Gasteiger partial charge in [0.2, 0.25) is 11.8 Å². The third-order valence-corrected chi connectivity index (χ3v) is 4.00. The van der Waals surface area contributed by atoms with Crippen molar-refractivity contribution in [2.75, 3.05) is 13.6 Å². The van der Waals surface area contributed by atoms with Crippen LogP contribution >= 0.6 is 11.6 Å². The molecule has 1 heterocycles. The first-order valence-electron chi connectivity index (χ1n) is 7.05. The summed E-state index contributed by atoms with van der Waals surface area (Å²) >= 11 is 5.86. The molecule has 21 heavy (non-hydrogen) atoms. The van der Waals surface area contributed by atoms with Gasteiger partial charge < -0.3 is 9.52 Å². The number of nitrogens with zero attached hydrogens (tertiary/aromatic N) is 3. The van der Waals surface area contributed by atoms with Gasteiger partial charge in [-0.05, 0) is 50.1 Å². The molecular formula is C15H18ClN3O2. The number of benzene rings is 1. The van der Waals surface area contributed by atoms with Crippen LogP contribution in [0.1, 0.15) is 18.7 Å². The fraction of sp³-hybridized carbons (Fsp3) is 0.467. The van der Waals surface area contributed by atoms with Crippen molar-refractivity contribution in [3.05, 3.63) is 35.2 Å². The minimum Gasteiger partial charge on any atom is -0.419 e. The van der Waals surface area contributed by atoms with Gasteiger partial charge >= 0.3 is 0 Å². The van der Waals surface area contributed by atoms with Crippen LogP contribution in [0.4, 0.5) is 0 Å². The highest BCUT2D eigenvalue weighted by molar-refractivity contribution is 6.30. The first-order chi connectivity index (χ1) is 10.1. The molecule has 6 heteroatoms. The molecule has 0 aliphatic heterocycles. The zero-order chi connectivity index (χ0) is 14.8. The van der Waals surface area contributed by atoms with E-state index >= 15 is 0 Å². The Labute approximate surface area is 128 Å². The van der Waals surface area contributed by atoms with Crippen LogP contribution in [-0.2, 0) is 6.54 Å². The minimum atomic E-state index is -0.108. The van der Waals surface area contributed by atoms with Gasteiger partial charge in [0.15, 0.2) is 0 Å². The molecule has 112 valence electrons. The Hall–Kier alpha value is -1.43. The summed E-state index contributed by atoms with van der Waals surface area (Å²) in [7, 11) is 2.02. The highest BCUT2D eigenvalue weighted by Gasteiger charge is 2.28. The Bertz CT molecular complexity index is 593. The summed E-state index contributed by atoms with van der Waals surface area (Å²) in [6, 6.07) is 7.32. The number of rotatable bonds is 5. The average Bonchev–Trinajstić information content (AvgIpc) is 2.86. The zero-order valence-electron chi connectivity index (χ0n) is 11.9. The number of hydrogen-bond acceptors (Lipinski definition) is 5. The van der Waals surface area contributed by atoms with Crippen molar-refractivity contribution in [3.8, 4) is 11.5 Å². The van der Waals surface area contributed by atoms with Gasteiger partial charge in [-0.1, -0.05) is 11.6 Å². The van der Waals surface area contributed by atoms with Gasteiger partial charge in [-0.25, -0.2) is 0 Å². The van der Waals surface area contributed by atoms with Crippen molar-refractivity contribution < 1.29 is 9.52 Å². The van der Waals surface area contributed by atoms with Crippen LogP contribution in [0.2, 0.25) is 5.02 Å². The lowest BCUT2D eigenvalue weighted by Crippen LogP contribution is -2.36. The molecule has 0 atom stereocenters. The smallest absolute Gasteiger partial charge is 0.247 e. The molecule has 5 nitrogen and oxygen atoms in total. The van der Waals surface area contributed by atoms with Crippen molar-refractivity contribution >= 4 is 11.6 Å². The molecule has 1 fully saturated rings. The lowest BCUT2D eigenvalue weighted by Gasteiger charge is -2.34. The summed E-state index contributed by atoms with van der Waals surface area (Å²) in [6.07, 6.45) is 1.68. The molecule has 0 unspecified atom stereocenters. The van der Waals surface area contributed by atoms with Crippen LogP contribution in [0.15, 0.2) is 28.7 Å². The summed E-state index contributed by atoms with van der Waals surface area (Å²) in [4.78, 5) is 2.15. The number of halogens is 1. The second kappa shape index (κ2) is 6.13. The summed E-state index contributed by atoms with van der Waals surface area (Å²) in [5.41, 5.74) is 0.864. The Balaban J connectivity index is 1.58. The summed E-state index contributed by atoms with van der Waals surface area (Å²) in [5.74, 6) is 1.68. The van der Waals surface area contributed by atoms with Crippen LogP contribution < -0.4 is 0 Å². The minimum absolute atomic E-state index is 0.108. The molecule has 1 aromatic carbocycles. The summed E-state index contributed by atoms with van der Waals surface area (Å²) in [6.45, 7) is 1.56. The Morgan fingerprint density at radius 1 is 1.29 bits per heavy atom. The maximum absolute atomic E-state index is 9.30. The van der Waals surface area contributed by atoms with E-state index in [1.807, 2.05) is 19.2 Å². The van der Waals surface area contributed by atoms with Gasteiger partial charge in [0.05, 0.1) is 12.6 Å². The summed E-state index contributed by atoms with van der Waals surface area (Å²) in [5, 5.41) is 18.1. The van der Waals surface area contributed by atoms with Gasteiger partial charge in [0, 0.05) is 17.1 Å². The number of aliphatic hydroxyl groups is 1. The van der Waals surface area contributed by atoms with Gasteiger partial charge in [0.25, 0.3) is 0 Å². The maximum Gasteiger partial charge on any atom is 0.247 e. The van der Waals surface area contributed by atoms with Gasteiger partial charge in [-0.2, -0.15) is 0 Å². The molecule has 1 aromatic heterocycles. The van der Waals surface area contributed by atoms with Crippen molar-refractivity contribution in [1.82, 2.24) is 15.1 Å². The monoisotopic (exact) mass is 307 g/mol. The molecule has 0 saturated heterocycles. The second-order valence-electron chi connectivity index (χ2n) is 5.70. The van der Waals surface area contributed by atoms with Crippen molar-refractivity contribution in [3.63, 3.8) is 0 Å². The van der Waals surface area contributed by atoms with E-state index in [4.69, 9.17) is 16.0 Å². The quantitative estimate of drug-likeness (QED) is 0.920. The second-order valence-corrected chi connectivity index (χ2v) is 6.13. The Morgan fingerprint density at radius 2 is 2.00 bits per heavy atom. The largest absolute Gasteiger partial charge is 0.419 e. The SMILES string of the molecule is CN(Cc1nnc(-c2ccc(Cl)cc2)o1)CC1CC(O)C1. The van der Waals surface area contributed by atoms with E-state index in [9.17, 15) is 5.11 Å². The molecule has 0 spiro atoms. The Morgan fingerprint density at radius 3 is 2.67 bits per heavy atom. The molecule has 3 rings (SSSR count). The number of aromatic nitrogens is 2. The highest BCUT2D eigenvalue weighted by atomic mass is 35.5.